The van der Waals surface area contributed by atoms with E-state index in [4.69, 9.17) is 9.47 Å². The molecule has 3 saturated heterocycles. The third-order valence-corrected chi connectivity index (χ3v) is 9.50. The number of ether oxygens (including phenoxy) is 2. The molecule has 8 heteroatoms. The van der Waals surface area contributed by atoms with E-state index < -0.39 is 41.1 Å². The molecule has 41 heavy (non-hydrogen) atoms. The minimum absolute atomic E-state index is 0.0950. The number of carbonyl (C=O) groups excluding carboxylic acids is 3. The van der Waals surface area contributed by atoms with Gasteiger partial charge in [0.25, 0.3) is 5.91 Å². The number of nitrogens with zero attached hydrogens (tertiary/aromatic N) is 2. The normalized spacial score (nSPS) is 31.0. The van der Waals surface area contributed by atoms with E-state index >= 15 is 0 Å². The second-order valence-corrected chi connectivity index (χ2v) is 12.4. The van der Waals surface area contributed by atoms with Crippen molar-refractivity contribution in [2.75, 3.05) is 24.7 Å². The van der Waals surface area contributed by atoms with Gasteiger partial charge in [0, 0.05) is 12.2 Å². The number of amides is 2. The van der Waals surface area contributed by atoms with Gasteiger partial charge in [-0.1, -0.05) is 57.2 Å². The van der Waals surface area contributed by atoms with Crippen molar-refractivity contribution in [3.8, 4) is 0 Å². The minimum atomic E-state index is -1.22. The number of hydrogen-bond acceptors (Lipinski definition) is 6. The van der Waals surface area contributed by atoms with Gasteiger partial charge < -0.3 is 24.4 Å². The van der Waals surface area contributed by atoms with Crippen LogP contribution in [0.15, 0.2) is 55.1 Å². The highest BCUT2D eigenvalue weighted by Crippen LogP contribution is 2.65. The van der Waals surface area contributed by atoms with Gasteiger partial charge in [-0.05, 0) is 61.4 Å². The molecule has 0 radical (unpaired) electrons. The van der Waals surface area contributed by atoms with E-state index in [-0.39, 0.29) is 43.4 Å². The molecule has 2 aromatic rings. The van der Waals surface area contributed by atoms with Crippen LogP contribution >= 0.6 is 0 Å². The maximum atomic E-state index is 14.9. The second-order valence-electron chi connectivity index (χ2n) is 12.4. The average Bonchev–Trinajstić information content (AvgIpc) is 3.46. The van der Waals surface area contributed by atoms with Crippen molar-refractivity contribution < 1.29 is 29.0 Å². The van der Waals surface area contributed by atoms with E-state index in [1.54, 1.807) is 22.8 Å². The second kappa shape index (κ2) is 10.9. The van der Waals surface area contributed by atoms with Crippen LogP contribution in [0.3, 0.4) is 0 Å². The first kappa shape index (κ1) is 29.3. The molecule has 3 aliphatic heterocycles. The monoisotopic (exact) mass is 562 g/mol. The largest absolute Gasteiger partial charge is 0.466 e. The summed E-state index contributed by atoms with van der Waals surface area (Å²) in [6.07, 6.45) is 2.62. The highest BCUT2D eigenvalue weighted by Gasteiger charge is 2.80. The van der Waals surface area contributed by atoms with E-state index in [1.807, 2.05) is 70.2 Å². The lowest BCUT2D eigenvalue weighted by Gasteiger charge is -2.40. The van der Waals surface area contributed by atoms with Crippen molar-refractivity contribution in [2.45, 2.75) is 70.7 Å². The standard InChI is InChI=1S/C33H42N2O6/c1-7-15-34(24-14-13-22-11-9-10-12-23(22)17-24)30(38)28-33-18-21(5)32(6,41-33)27(31(39)40-8-2)26(33)29(37)35(28)25(19-36)16-20(3)4/h7,9-14,17,20-21,25-28,36H,1,8,15-16,18-19H2,2-6H3/t21?,25-,26+,27-,28?,32+,33?/m1/s1. The van der Waals surface area contributed by atoms with E-state index in [9.17, 15) is 19.5 Å². The molecule has 1 N–H and O–H groups in total. The molecule has 3 unspecified atom stereocenters. The Labute approximate surface area is 242 Å². The fraction of sp³-hybridized carbons (Fsp3) is 0.545. The number of aliphatic hydroxyl groups is 1. The SMILES string of the molecule is C=CCN(C(=O)C1N([C@@H](CO)CC(C)C)C(=O)[C@@H]2[C@H](C(=O)OCC)[C@@]3(C)OC12CC3C)c1ccc2ccccc2c1. The number of hydrogen-bond donors (Lipinski definition) is 1. The van der Waals surface area contributed by atoms with Gasteiger partial charge in [0.2, 0.25) is 5.91 Å². The van der Waals surface area contributed by atoms with Crippen LogP contribution in [-0.2, 0) is 23.9 Å². The summed E-state index contributed by atoms with van der Waals surface area (Å²) in [6, 6.07) is 12.1. The molecule has 8 nitrogen and oxygen atoms in total. The van der Waals surface area contributed by atoms with Gasteiger partial charge >= 0.3 is 5.97 Å². The first-order chi connectivity index (χ1) is 19.5. The van der Waals surface area contributed by atoms with Gasteiger partial charge in [0.05, 0.1) is 30.8 Å². The molecular weight excluding hydrogens is 520 g/mol. The molecule has 5 rings (SSSR count). The molecule has 2 aromatic carbocycles. The molecule has 3 aliphatic rings. The fourth-order valence-electron chi connectivity index (χ4n) is 7.70. The van der Waals surface area contributed by atoms with Gasteiger partial charge in [0.1, 0.15) is 17.6 Å². The summed E-state index contributed by atoms with van der Waals surface area (Å²) in [5, 5.41) is 12.6. The maximum absolute atomic E-state index is 14.9. The van der Waals surface area contributed by atoms with E-state index in [0.29, 0.717) is 18.5 Å². The Morgan fingerprint density at radius 3 is 2.59 bits per heavy atom. The van der Waals surface area contributed by atoms with Crippen molar-refractivity contribution in [2.24, 2.45) is 23.7 Å². The van der Waals surface area contributed by atoms with Crippen molar-refractivity contribution in [1.29, 1.82) is 0 Å². The van der Waals surface area contributed by atoms with E-state index in [2.05, 4.69) is 6.58 Å². The van der Waals surface area contributed by atoms with Crippen molar-refractivity contribution >= 4 is 34.2 Å². The van der Waals surface area contributed by atoms with Crippen LogP contribution in [0.2, 0.25) is 0 Å². The smallest absolute Gasteiger partial charge is 0.312 e. The highest BCUT2D eigenvalue weighted by atomic mass is 16.6. The van der Waals surface area contributed by atoms with Gasteiger partial charge in [-0.2, -0.15) is 0 Å². The number of esters is 1. The number of anilines is 1. The molecule has 1 spiro atoms. The number of carbonyl (C=O) groups is 3. The first-order valence-electron chi connectivity index (χ1n) is 14.7. The number of likely N-dealkylation sites (tertiary alicyclic amines) is 1. The van der Waals surface area contributed by atoms with Gasteiger partial charge in [-0.15, -0.1) is 6.58 Å². The lowest BCUT2D eigenvalue weighted by atomic mass is 9.62. The Bertz CT molecular complexity index is 1360. The first-order valence-corrected chi connectivity index (χ1v) is 14.7. The number of aliphatic hydroxyl groups excluding tert-OH is 1. The highest BCUT2D eigenvalue weighted by molar-refractivity contribution is 6.05. The third kappa shape index (κ3) is 4.47. The predicted octanol–water partition coefficient (Wildman–Crippen LogP) is 4.34. The Hall–Kier alpha value is -3.23. The van der Waals surface area contributed by atoms with Crippen LogP contribution in [0.5, 0.6) is 0 Å². The maximum Gasteiger partial charge on any atom is 0.312 e. The molecule has 2 amide bonds. The van der Waals surface area contributed by atoms with Gasteiger partial charge in [-0.25, -0.2) is 0 Å². The number of benzene rings is 2. The van der Waals surface area contributed by atoms with Crippen LogP contribution < -0.4 is 4.90 Å². The Morgan fingerprint density at radius 2 is 1.95 bits per heavy atom. The molecule has 220 valence electrons. The summed E-state index contributed by atoms with van der Waals surface area (Å²) in [5.41, 5.74) is -1.49. The van der Waals surface area contributed by atoms with Gasteiger partial charge in [0.15, 0.2) is 0 Å². The summed E-state index contributed by atoms with van der Waals surface area (Å²) in [6.45, 7) is 13.7. The van der Waals surface area contributed by atoms with Crippen molar-refractivity contribution in [3.63, 3.8) is 0 Å². The third-order valence-electron chi connectivity index (χ3n) is 9.50. The zero-order chi connectivity index (χ0) is 29.7. The average molecular weight is 563 g/mol. The van der Waals surface area contributed by atoms with Crippen molar-refractivity contribution in [1.82, 2.24) is 4.90 Å². The Balaban J connectivity index is 1.66. The summed E-state index contributed by atoms with van der Waals surface area (Å²) in [5.74, 6) is -2.76. The summed E-state index contributed by atoms with van der Waals surface area (Å²) < 4.78 is 12.3. The molecular formula is C33H42N2O6. The molecule has 2 bridgehead atoms. The van der Waals surface area contributed by atoms with Crippen LogP contribution in [0.4, 0.5) is 5.69 Å². The zero-order valence-corrected chi connectivity index (χ0v) is 24.7. The summed E-state index contributed by atoms with van der Waals surface area (Å²) in [7, 11) is 0. The zero-order valence-electron chi connectivity index (χ0n) is 24.7. The van der Waals surface area contributed by atoms with Crippen LogP contribution in [0.1, 0.15) is 47.5 Å². The molecule has 0 aliphatic carbocycles. The molecule has 0 aromatic heterocycles. The van der Waals surface area contributed by atoms with Crippen LogP contribution in [0, 0.1) is 23.7 Å². The Morgan fingerprint density at radius 1 is 1.24 bits per heavy atom. The number of fused-ring (bicyclic) bond motifs is 2. The topological polar surface area (TPSA) is 96.4 Å². The van der Waals surface area contributed by atoms with E-state index in [0.717, 1.165) is 10.8 Å². The molecule has 0 saturated carbocycles. The predicted molar refractivity (Wildman–Crippen MR) is 157 cm³/mol. The van der Waals surface area contributed by atoms with Crippen molar-refractivity contribution in [3.05, 3.63) is 55.1 Å². The van der Waals surface area contributed by atoms with Gasteiger partial charge in [-0.3, -0.25) is 14.4 Å². The van der Waals surface area contributed by atoms with E-state index in [1.165, 1.54) is 0 Å². The molecule has 3 fully saturated rings. The molecule has 7 atom stereocenters. The lowest BCUT2D eigenvalue weighted by molar-refractivity contribution is -0.162. The number of rotatable bonds is 10. The summed E-state index contributed by atoms with van der Waals surface area (Å²) >= 11 is 0. The minimum Gasteiger partial charge on any atom is -0.466 e. The summed E-state index contributed by atoms with van der Waals surface area (Å²) in [4.78, 5) is 46.0. The van der Waals surface area contributed by atoms with Crippen LogP contribution in [0.25, 0.3) is 10.8 Å². The lowest BCUT2D eigenvalue weighted by Crippen LogP contribution is -2.59. The van der Waals surface area contributed by atoms with Crippen LogP contribution in [-0.4, -0.2) is 70.8 Å². The fourth-order valence-corrected chi connectivity index (χ4v) is 7.70. The quantitative estimate of drug-likeness (QED) is 0.342. The molecule has 3 heterocycles. The Kier molecular flexibility index (Phi) is 7.76.